The summed E-state index contributed by atoms with van der Waals surface area (Å²) in [4.78, 5) is 19.7. The van der Waals surface area contributed by atoms with Crippen molar-refractivity contribution in [3.05, 3.63) is 66.1 Å². The molecule has 0 aliphatic carbocycles. The monoisotopic (exact) mass is 455 g/mol. The fourth-order valence-electron chi connectivity index (χ4n) is 4.27. The Kier molecular flexibility index (Phi) is 7.55. The van der Waals surface area contributed by atoms with Crippen LogP contribution in [0.15, 0.2) is 60.5 Å². The molecule has 1 saturated heterocycles. The Morgan fingerprint density at radius 2 is 1.69 bits per heavy atom. The van der Waals surface area contributed by atoms with Gasteiger partial charge in [0.15, 0.2) is 0 Å². The SMILES string of the molecule is COc1ccccc1N1CCN(CCCCN2C(=O)c3ccccc3OC=C2CCl)CC1. The molecule has 7 heteroatoms. The lowest BCUT2D eigenvalue weighted by Crippen LogP contribution is -2.46. The molecule has 2 aromatic carbocycles. The number of nitrogens with zero attached hydrogens (tertiary/aromatic N) is 3. The van der Waals surface area contributed by atoms with Gasteiger partial charge in [0.05, 0.1) is 29.9 Å². The zero-order chi connectivity index (χ0) is 22.3. The van der Waals surface area contributed by atoms with Crippen molar-refractivity contribution in [3.8, 4) is 11.5 Å². The summed E-state index contributed by atoms with van der Waals surface area (Å²) >= 11 is 6.11. The van der Waals surface area contributed by atoms with Crippen LogP contribution in [0.25, 0.3) is 0 Å². The molecule has 6 nitrogen and oxygen atoms in total. The van der Waals surface area contributed by atoms with Gasteiger partial charge in [-0.2, -0.15) is 0 Å². The van der Waals surface area contributed by atoms with E-state index in [1.807, 2.05) is 30.3 Å². The highest BCUT2D eigenvalue weighted by molar-refractivity contribution is 6.19. The second-order valence-corrected chi connectivity index (χ2v) is 8.29. The van der Waals surface area contributed by atoms with Gasteiger partial charge in [0.1, 0.15) is 17.8 Å². The second kappa shape index (κ2) is 10.7. The number of rotatable bonds is 8. The number of allylic oxidation sites excluding steroid dienone is 1. The zero-order valence-corrected chi connectivity index (χ0v) is 19.3. The Morgan fingerprint density at radius 1 is 0.969 bits per heavy atom. The summed E-state index contributed by atoms with van der Waals surface area (Å²) in [5, 5.41) is 0. The van der Waals surface area contributed by atoms with E-state index in [0.717, 1.165) is 57.0 Å². The van der Waals surface area contributed by atoms with Crippen LogP contribution in [0.5, 0.6) is 11.5 Å². The molecular weight excluding hydrogens is 426 g/mol. The largest absolute Gasteiger partial charge is 0.495 e. The third-order valence-electron chi connectivity index (χ3n) is 6.07. The van der Waals surface area contributed by atoms with Gasteiger partial charge < -0.3 is 19.3 Å². The summed E-state index contributed by atoms with van der Waals surface area (Å²) in [6.07, 6.45) is 3.54. The predicted octanol–water partition coefficient (Wildman–Crippen LogP) is 4.21. The fraction of sp³-hybridized carbons (Fsp3) is 0.400. The van der Waals surface area contributed by atoms with Crippen LogP contribution in [0, 0.1) is 0 Å². The number of carbonyl (C=O) groups is 1. The minimum absolute atomic E-state index is 0.0459. The lowest BCUT2D eigenvalue weighted by Gasteiger charge is -2.36. The van der Waals surface area contributed by atoms with E-state index in [2.05, 4.69) is 21.9 Å². The van der Waals surface area contributed by atoms with Crippen molar-refractivity contribution in [2.75, 3.05) is 57.2 Å². The molecule has 0 saturated carbocycles. The number of halogens is 1. The minimum Gasteiger partial charge on any atom is -0.495 e. The molecule has 0 atom stereocenters. The van der Waals surface area contributed by atoms with Crippen LogP contribution in [-0.2, 0) is 0 Å². The third-order valence-corrected chi connectivity index (χ3v) is 6.35. The van der Waals surface area contributed by atoms with Crippen molar-refractivity contribution in [3.63, 3.8) is 0 Å². The first-order chi connectivity index (χ1) is 15.7. The van der Waals surface area contributed by atoms with Gasteiger partial charge >= 0.3 is 0 Å². The van der Waals surface area contributed by atoms with Crippen LogP contribution in [0.2, 0.25) is 0 Å². The molecule has 0 unspecified atom stereocenters. The number of methoxy groups -OCH3 is 1. The highest BCUT2D eigenvalue weighted by atomic mass is 35.5. The van der Waals surface area contributed by atoms with Crippen LogP contribution >= 0.6 is 11.6 Å². The number of hydrogen-bond donors (Lipinski definition) is 0. The molecule has 2 heterocycles. The number of fused-ring (bicyclic) bond motifs is 1. The summed E-state index contributed by atoms with van der Waals surface area (Å²) in [6, 6.07) is 15.5. The quantitative estimate of drug-likeness (QED) is 0.440. The predicted molar refractivity (Wildman–Crippen MR) is 128 cm³/mol. The maximum Gasteiger partial charge on any atom is 0.261 e. The third kappa shape index (κ3) is 5.03. The molecule has 0 spiro atoms. The molecule has 4 rings (SSSR count). The number of amides is 1. The maximum absolute atomic E-state index is 13.0. The molecule has 1 amide bonds. The summed E-state index contributed by atoms with van der Waals surface area (Å²) < 4.78 is 11.2. The van der Waals surface area contributed by atoms with E-state index >= 15 is 0 Å². The van der Waals surface area contributed by atoms with Crippen molar-refractivity contribution >= 4 is 23.2 Å². The Hall–Kier alpha value is -2.70. The lowest BCUT2D eigenvalue weighted by molar-refractivity contribution is 0.0805. The summed E-state index contributed by atoms with van der Waals surface area (Å²) in [5.74, 6) is 1.70. The van der Waals surface area contributed by atoms with E-state index in [-0.39, 0.29) is 11.8 Å². The van der Waals surface area contributed by atoms with Crippen LogP contribution < -0.4 is 14.4 Å². The van der Waals surface area contributed by atoms with Gasteiger partial charge in [0, 0.05) is 32.7 Å². The molecule has 0 radical (unpaired) electrons. The number of para-hydroxylation sites is 3. The van der Waals surface area contributed by atoms with Gasteiger partial charge in [-0.1, -0.05) is 24.3 Å². The van der Waals surface area contributed by atoms with E-state index in [1.165, 1.54) is 0 Å². The summed E-state index contributed by atoms with van der Waals surface area (Å²) in [5.41, 5.74) is 2.45. The van der Waals surface area contributed by atoms with E-state index in [4.69, 9.17) is 21.1 Å². The highest BCUT2D eigenvalue weighted by Gasteiger charge is 2.25. The Bertz CT molecular complexity index is 957. The first kappa shape index (κ1) is 22.5. The Balaban J connectivity index is 1.26. The van der Waals surface area contributed by atoms with Gasteiger partial charge in [0.25, 0.3) is 5.91 Å². The standard InChI is InChI=1S/C25H30ClN3O3/c1-31-24-11-5-3-9-22(24)28-16-14-27(15-17-28)12-6-7-13-29-20(18-26)19-32-23-10-4-2-8-21(23)25(29)30/h2-5,8-11,19H,6-7,12-18H2,1H3. The minimum atomic E-state index is -0.0459. The molecule has 1 fully saturated rings. The first-order valence-electron chi connectivity index (χ1n) is 11.1. The van der Waals surface area contributed by atoms with E-state index in [1.54, 1.807) is 24.3 Å². The molecular formula is C25H30ClN3O3. The van der Waals surface area contributed by atoms with Gasteiger partial charge in [-0.15, -0.1) is 11.6 Å². The smallest absolute Gasteiger partial charge is 0.261 e. The highest BCUT2D eigenvalue weighted by Crippen LogP contribution is 2.29. The van der Waals surface area contributed by atoms with Gasteiger partial charge in [-0.05, 0) is 43.7 Å². The molecule has 2 aliphatic heterocycles. The molecule has 0 bridgehead atoms. The molecule has 0 aromatic heterocycles. The Morgan fingerprint density at radius 3 is 2.47 bits per heavy atom. The van der Waals surface area contributed by atoms with Crippen molar-refractivity contribution < 1.29 is 14.3 Å². The van der Waals surface area contributed by atoms with E-state index in [0.29, 0.717) is 23.6 Å². The molecule has 32 heavy (non-hydrogen) atoms. The van der Waals surface area contributed by atoms with Crippen molar-refractivity contribution in [1.29, 1.82) is 0 Å². The topological polar surface area (TPSA) is 45.2 Å². The zero-order valence-electron chi connectivity index (χ0n) is 18.5. The number of unbranched alkanes of at least 4 members (excludes halogenated alkanes) is 1. The van der Waals surface area contributed by atoms with Crippen LogP contribution in [0.1, 0.15) is 23.2 Å². The van der Waals surface area contributed by atoms with Crippen LogP contribution in [0.4, 0.5) is 5.69 Å². The first-order valence-corrected chi connectivity index (χ1v) is 11.7. The number of hydrogen-bond acceptors (Lipinski definition) is 5. The second-order valence-electron chi connectivity index (χ2n) is 8.02. The summed E-state index contributed by atoms with van der Waals surface area (Å²) in [6.45, 7) is 5.67. The molecule has 170 valence electrons. The fourth-order valence-corrected chi connectivity index (χ4v) is 4.48. The molecule has 0 N–H and O–H groups in total. The normalized spacial score (nSPS) is 16.8. The van der Waals surface area contributed by atoms with Gasteiger partial charge in [-0.3, -0.25) is 9.69 Å². The number of benzene rings is 2. The van der Waals surface area contributed by atoms with Gasteiger partial charge in [0.2, 0.25) is 0 Å². The number of piperazine rings is 1. The Labute approximate surface area is 195 Å². The van der Waals surface area contributed by atoms with E-state index < -0.39 is 0 Å². The van der Waals surface area contributed by atoms with Crippen molar-refractivity contribution in [2.24, 2.45) is 0 Å². The van der Waals surface area contributed by atoms with E-state index in [9.17, 15) is 4.79 Å². The van der Waals surface area contributed by atoms with Crippen LogP contribution in [0.3, 0.4) is 0 Å². The number of carbonyl (C=O) groups excluding carboxylic acids is 1. The summed E-state index contributed by atoms with van der Waals surface area (Å²) in [7, 11) is 1.72. The average Bonchev–Trinajstić information content (AvgIpc) is 2.98. The number of alkyl halides is 1. The van der Waals surface area contributed by atoms with Gasteiger partial charge in [-0.25, -0.2) is 0 Å². The van der Waals surface area contributed by atoms with Crippen molar-refractivity contribution in [2.45, 2.75) is 12.8 Å². The maximum atomic E-state index is 13.0. The van der Waals surface area contributed by atoms with Crippen LogP contribution in [-0.4, -0.2) is 68.0 Å². The average molecular weight is 456 g/mol. The molecule has 2 aromatic rings. The molecule has 2 aliphatic rings. The number of anilines is 1. The number of ether oxygens (including phenoxy) is 2. The lowest BCUT2D eigenvalue weighted by atomic mass is 10.1. The van der Waals surface area contributed by atoms with Crippen molar-refractivity contribution in [1.82, 2.24) is 9.80 Å².